The third-order valence-corrected chi connectivity index (χ3v) is 3.01. The summed E-state index contributed by atoms with van der Waals surface area (Å²) in [5.74, 6) is 0.998. The molecule has 0 heterocycles. The van der Waals surface area contributed by atoms with E-state index in [1.54, 1.807) is 25.3 Å². The van der Waals surface area contributed by atoms with Gasteiger partial charge >= 0.3 is 0 Å². The van der Waals surface area contributed by atoms with Gasteiger partial charge in [0.2, 0.25) is 0 Å². The molecule has 0 spiro atoms. The van der Waals surface area contributed by atoms with Crippen LogP contribution in [0.2, 0.25) is 5.02 Å². The minimum Gasteiger partial charge on any atom is -0.496 e. The molecule has 0 bridgehead atoms. The molecule has 4 heteroatoms. The summed E-state index contributed by atoms with van der Waals surface area (Å²) in [5.41, 5.74) is 6.55. The average Bonchev–Trinajstić information content (AvgIpc) is 2.26. The van der Waals surface area contributed by atoms with Gasteiger partial charge in [-0.25, -0.2) is 0 Å². The highest BCUT2D eigenvalue weighted by Gasteiger charge is 2.23. The number of ether oxygens (including phenoxy) is 1. The van der Waals surface area contributed by atoms with Crippen LogP contribution in [-0.4, -0.2) is 18.3 Å². The Balaban J connectivity index is 2.98. The SMILES string of the molecule is COc1cccc(Cl)c1C(O)C(N)CC(C)C. The molecule has 1 rings (SSSR count). The van der Waals surface area contributed by atoms with Crippen LogP contribution in [0.4, 0.5) is 0 Å². The number of halogens is 1. The number of benzene rings is 1. The summed E-state index contributed by atoms with van der Waals surface area (Å²) in [6.07, 6.45) is -0.0729. The largest absolute Gasteiger partial charge is 0.496 e. The van der Waals surface area contributed by atoms with Crippen molar-refractivity contribution in [1.82, 2.24) is 0 Å². The number of methoxy groups -OCH3 is 1. The maximum Gasteiger partial charge on any atom is 0.126 e. The highest BCUT2D eigenvalue weighted by Crippen LogP contribution is 2.34. The first kappa shape index (κ1) is 14.3. The number of hydrogen-bond donors (Lipinski definition) is 2. The lowest BCUT2D eigenvalue weighted by Gasteiger charge is -2.23. The molecule has 0 fully saturated rings. The first-order valence-electron chi connectivity index (χ1n) is 5.73. The molecule has 0 saturated carbocycles. The second-order valence-corrected chi connectivity index (χ2v) is 5.00. The van der Waals surface area contributed by atoms with E-state index in [4.69, 9.17) is 22.1 Å². The van der Waals surface area contributed by atoms with Gasteiger partial charge in [0.25, 0.3) is 0 Å². The molecular weight excluding hydrogens is 238 g/mol. The van der Waals surface area contributed by atoms with Gasteiger partial charge in [0.15, 0.2) is 0 Å². The van der Waals surface area contributed by atoms with Crippen molar-refractivity contribution in [2.45, 2.75) is 32.4 Å². The van der Waals surface area contributed by atoms with Gasteiger partial charge in [-0.05, 0) is 24.5 Å². The molecular formula is C13H20ClNO2. The number of nitrogens with two attached hydrogens (primary N) is 1. The van der Waals surface area contributed by atoms with Crippen LogP contribution in [-0.2, 0) is 0 Å². The minimum absolute atomic E-state index is 0.344. The van der Waals surface area contributed by atoms with E-state index in [0.717, 1.165) is 6.42 Å². The predicted octanol–water partition coefficient (Wildman–Crippen LogP) is 2.76. The highest BCUT2D eigenvalue weighted by atomic mass is 35.5. The van der Waals surface area contributed by atoms with Gasteiger partial charge in [0.1, 0.15) is 5.75 Å². The minimum atomic E-state index is -0.805. The van der Waals surface area contributed by atoms with Gasteiger partial charge in [0, 0.05) is 11.6 Å². The summed E-state index contributed by atoms with van der Waals surface area (Å²) < 4.78 is 5.20. The van der Waals surface area contributed by atoms with Gasteiger partial charge in [-0.1, -0.05) is 31.5 Å². The molecule has 0 aliphatic heterocycles. The molecule has 1 aromatic carbocycles. The van der Waals surface area contributed by atoms with Crippen LogP contribution in [0.3, 0.4) is 0 Å². The van der Waals surface area contributed by atoms with E-state index in [9.17, 15) is 5.11 Å². The maximum atomic E-state index is 10.2. The first-order valence-corrected chi connectivity index (χ1v) is 6.11. The van der Waals surface area contributed by atoms with Crippen molar-refractivity contribution < 1.29 is 9.84 Å². The van der Waals surface area contributed by atoms with Crippen molar-refractivity contribution in [3.8, 4) is 5.75 Å². The van der Waals surface area contributed by atoms with E-state index in [2.05, 4.69) is 13.8 Å². The van der Waals surface area contributed by atoms with Gasteiger partial charge in [-0.2, -0.15) is 0 Å². The molecule has 2 atom stereocenters. The zero-order valence-corrected chi connectivity index (χ0v) is 11.2. The van der Waals surface area contributed by atoms with Crippen molar-refractivity contribution in [1.29, 1.82) is 0 Å². The fourth-order valence-electron chi connectivity index (χ4n) is 1.87. The second-order valence-electron chi connectivity index (χ2n) is 4.59. The van der Waals surface area contributed by atoms with E-state index in [0.29, 0.717) is 22.3 Å². The molecule has 3 N–H and O–H groups in total. The lowest BCUT2D eigenvalue weighted by molar-refractivity contribution is 0.132. The summed E-state index contributed by atoms with van der Waals surface area (Å²) in [6, 6.07) is 4.94. The van der Waals surface area contributed by atoms with Crippen molar-refractivity contribution >= 4 is 11.6 Å². The topological polar surface area (TPSA) is 55.5 Å². The third kappa shape index (κ3) is 3.60. The fourth-order valence-corrected chi connectivity index (χ4v) is 2.15. The Morgan fingerprint density at radius 1 is 1.41 bits per heavy atom. The summed E-state index contributed by atoms with van der Waals surface area (Å²) in [6.45, 7) is 4.13. The van der Waals surface area contributed by atoms with Crippen LogP contribution in [0, 0.1) is 5.92 Å². The van der Waals surface area contributed by atoms with Crippen LogP contribution in [0.15, 0.2) is 18.2 Å². The lowest BCUT2D eigenvalue weighted by atomic mass is 9.95. The highest BCUT2D eigenvalue weighted by molar-refractivity contribution is 6.31. The van der Waals surface area contributed by atoms with Crippen molar-refractivity contribution in [3.05, 3.63) is 28.8 Å². The molecule has 3 nitrogen and oxygen atoms in total. The van der Waals surface area contributed by atoms with E-state index >= 15 is 0 Å². The van der Waals surface area contributed by atoms with Crippen LogP contribution < -0.4 is 10.5 Å². The molecule has 0 amide bonds. The van der Waals surface area contributed by atoms with Crippen molar-refractivity contribution in [2.75, 3.05) is 7.11 Å². The summed E-state index contributed by atoms with van der Waals surface area (Å²) in [7, 11) is 1.55. The fraction of sp³-hybridized carbons (Fsp3) is 0.538. The molecule has 0 aliphatic carbocycles. The van der Waals surface area contributed by atoms with Crippen LogP contribution in [0.25, 0.3) is 0 Å². The van der Waals surface area contributed by atoms with Gasteiger partial charge < -0.3 is 15.6 Å². The normalized spacial score (nSPS) is 14.8. The first-order chi connectivity index (χ1) is 7.97. The molecule has 17 heavy (non-hydrogen) atoms. The summed E-state index contributed by atoms with van der Waals surface area (Å²) in [4.78, 5) is 0. The molecule has 0 radical (unpaired) electrons. The lowest BCUT2D eigenvalue weighted by Crippen LogP contribution is -2.30. The Morgan fingerprint density at radius 3 is 2.59 bits per heavy atom. The molecule has 96 valence electrons. The van der Waals surface area contributed by atoms with E-state index in [-0.39, 0.29) is 6.04 Å². The standard InChI is InChI=1S/C13H20ClNO2/c1-8(2)7-10(15)13(16)12-9(14)5-4-6-11(12)17-3/h4-6,8,10,13,16H,7,15H2,1-3H3. The molecule has 0 saturated heterocycles. The number of hydrogen-bond acceptors (Lipinski definition) is 3. The second kappa shape index (κ2) is 6.24. The molecule has 0 aromatic heterocycles. The number of rotatable bonds is 5. The average molecular weight is 258 g/mol. The summed E-state index contributed by atoms with van der Waals surface area (Å²) >= 11 is 6.09. The number of aliphatic hydroxyl groups excluding tert-OH is 1. The number of aliphatic hydroxyl groups is 1. The Bertz CT molecular complexity index is 368. The molecule has 1 aromatic rings. The monoisotopic (exact) mass is 257 g/mol. The quantitative estimate of drug-likeness (QED) is 0.853. The van der Waals surface area contributed by atoms with E-state index in [1.807, 2.05) is 0 Å². The van der Waals surface area contributed by atoms with Gasteiger partial charge in [-0.15, -0.1) is 0 Å². The van der Waals surface area contributed by atoms with Gasteiger partial charge in [0.05, 0.1) is 18.2 Å². The summed E-state index contributed by atoms with van der Waals surface area (Å²) in [5, 5.41) is 10.7. The smallest absolute Gasteiger partial charge is 0.126 e. The van der Waals surface area contributed by atoms with Crippen LogP contribution in [0.5, 0.6) is 5.75 Å². The van der Waals surface area contributed by atoms with Crippen molar-refractivity contribution in [2.24, 2.45) is 11.7 Å². The Labute approximate surface area is 108 Å². The van der Waals surface area contributed by atoms with Crippen LogP contribution in [0.1, 0.15) is 31.9 Å². The van der Waals surface area contributed by atoms with Gasteiger partial charge in [-0.3, -0.25) is 0 Å². The zero-order valence-electron chi connectivity index (χ0n) is 10.5. The predicted molar refractivity (Wildman–Crippen MR) is 70.4 cm³/mol. The zero-order chi connectivity index (χ0) is 13.0. The Hall–Kier alpha value is -0.770. The Morgan fingerprint density at radius 2 is 2.06 bits per heavy atom. The third-order valence-electron chi connectivity index (χ3n) is 2.68. The van der Waals surface area contributed by atoms with E-state index in [1.165, 1.54) is 0 Å². The molecule has 2 unspecified atom stereocenters. The van der Waals surface area contributed by atoms with Crippen LogP contribution >= 0.6 is 11.6 Å². The van der Waals surface area contributed by atoms with E-state index < -0.39 is 6.10 Å². The Kier molecular flexibility index (Phi) is 5.25. The van der Waals surface area contributed by atoms with Crippen molar-refractivity contribution in [3.63, 3.8) is 0 Å². The maximum absolute atomic E-state index is 10.2. The molecule has 0 aliphatic rings.